The van der Waals surface area contributed by atoms with Gasteiger partial charge in [0.2, 0.25) is 0 Å². The number of ether oxygens (including phenoxy) is 1. The topological polar surface area (TPSA) is 105 Å². The molecule has 1 atom stereocenters. The number of carbonyl (C=O) groups excluding carboxylic acids is 2. The summed E-state index contributed by atoms with van der Waals surface area (Å²) in [6.45, 7) is 3.12. The molecule has 108 valence electrons. The third kappa shape index (κ3) is 3.98. The zero-order chi connectivity index (χ0) is 15.3. The normalized spacial score (nSPS) is 11.3. The van der Waals surface area contributed by atoms with Gasteiger partial charge in [-0.05, 0) is 37.6 Å². The molecule has 20 heavy (non-hydrogen) atoms. The number of amides is 3. The number of hydrogen-bond acceptors (Lipinski definition) is 4. The highest BCUT2D eigenvalue weighted by Crippen LogP contribution is 2.18. The monoisotopic (exact) mass is 280 g/mol. The molecule has 7 heteroatoms. The molecule has 0 aliphatic rings. The average molecular weight is 280 g/mol. The van der Waals surface area contributed by atoms with Crippen molar-refractivity contribution in [1.82, 2.24) is 10.6 Å². The van der Waals surface area contributed by atoms with Crippen molar-refractivity contribution in [1.29, 1.82) is 0 Å². The van der Waals surface area contributed by atoms with Crippen LogP contribution in [0.1, 0.15) is 22.8 Å². The maximum Gasteiger partial charge on any atom is 0.335 e. The van der Waals surface area contributed by atoms with Crippen LogP contribution < -0.4 is 15.4 Å². The van der Waals surface area contributed by atoms with Gasteiger partial charge in [-0.15, -0.1) is 0 Å². The van der Waals surface area contributed by atoms with Crippen LogP contribution in [0.4, 0.5) is 4.79 Å². The molecule has 0 radical (unpaired) electrons. The third-order valence-electron chi connectivity index (χ3n) is 2.57. The minimum Gasteiger partial charge on any atom is -0.481 e. The van der Waals surface area contributed by atoms with Gasteiger partial charge in [0.1, 0.15) is 5.75 Å². The van der Waals surface area contributed by atoms with Crippen LogP contribution in [-0.2, 0) is 4.79 Å². The first-order chi connectivity index (χ1) is 9.35. The number of rotatable bonds is 4. The van der Waals surface area contributed by atoms with Crippen molar-refractivity contribution >= 4 is 17.9 Å². The van der Waals surface area contributed by atoms with Gasteiger partial charge >= 0.3 is 12.0 Å². The summed E-state index contributed by atoms with van der Waals surface area (Å²) in [5, 5.41) is 13.2. The summed E-state index contributed by atoms with van der Waals surface area (Å²) in [7, 11) is 1.39. The van der Waals surface area contributed by atoms with Crippen LogP contribution in [0.3, 0.4) is 0 Å². The number of carboxylic acids is 1. The summed E-state index contributed by atoms with van der Waals surface area (Å²) >= 11 is 0. The third-order valence-corrected chi connectivity index (χ3v) is 2.57. The Morgan fingerprint density at radius 1 is 1.30 bits per heavy atom. The van der Waals surface area contributed by atoms with E-state index in [0.717, 1.165) is 0 Å². The van der Waals surface area contributed by atoms with Crippen LogP contribution in [0.25, 0.3) is 0 Å². The number of urea groups is 1. The summed E-state index contributed by atoms with van der Waals surface area (Å²) in [6, 6.07) is 3.76. The predicted octanol–water partition coefficient (Wildman–Crippen LogP) is 0.916. The molecule has 1 rings (SSSR count). The lowest BCUT2D eigenvalue weighted by Crippen LogP contribution is -2.43. The predicted molar refractivity (Wildman–Crippen MR) is 70.8 cm³/mol. The van der Waals surface area contributed by atoms with E-state index in [-0.39, 0.29) is 5.56 Å². The van der Waals surface area contributed by atoms with Crippen LogP contribution in [0.5, 0.6) is 5.75 Å². The lowest BCUT2D eigenvalue weighted by molar-refractivity contribution is -0.126. The van der Waals surface area contributed by atoms with Gasteiger partial charge in [0, 0.05) is 7.05 Å². The fourth-order valence-corrected chi connectivity index (χ4v) is 1.48. The molecule has 0 saturated carbocycles. The smallest absolute Gasteiger partial charge is 0.335 e. The highest BCUT2D eigenvalue weighted by molar-refractivity contribution is 5.96. The molecule has 0 spiro atoms. The van der Waals surface area contributed by atoms with E-state index in [2.05, 4.69) is 10.6 Å². The minimum atomic E-state index is -1.03. The number of imide groups is 1. The molecular formula is C13H16N2O5. The van der Waals surface area contributed by atoms with Crippen molar-refractivity contribution in [3.05, 3.63) is 29.3 Å². The van der Waals surface area contributed by atoms with E-state index in [1.165, 1.54) is 32.2 Å². The van der Waals surface area contributed by atoms with Gasteiger partial charge in [-0.1, -0.05) is 0 Å². The van der Waals surface area contributed by atoms with Crippen LogP contribution in [0, 0.1) is 6.92 Å². The molecule has 0 bridgehead atoms. The summed E-state index contributed by atoms with van der Waals surface area (Å²) in [5.41, 5.74) is 0.689. The molecule has 3 amide bonds. The summed E-state index contributed by atoms with van der Waals surface area (Å²) in [6.07, 6.45) is -0.887. The lowest BCUT2D eigenvalue weighted by atomic mass is 10.1. The average Bonchev–Trinajstić information content (AvgIpc) is 2.37. The molecule has 0 aliphatic heterocycles. The van der Waals surface area contributed by atoms with E-state index in [4.69, 9.17) is 9.84 Å². The van der Waals surface area contributed by atoms with Crippen molar-refractivity contribution < 1.29 is 24.2 Å². The fourth-order valence-electron chi connectivity index (χ4n) is 1.48. The van der Waals surface area contributed by atoms with Crippen LogP contribution in [-0.4, -0.2) is 36.2 Å². The van der Waals surface area contributed by atoms with Crippen molar-refractivity contribution in [2.24, 2.45) is 0 Å². The second-order valence-corrected chi connectivity index (χ2v) is 4.11. The number of nitrogens with one attached hydrogen (secondary N) is 2. The minimum absolute atomic E-state index is 0.166. The quantitative estimate of drug-likeness (QED) is 0.760. The second kappa shape index (κ2) is 6.55. The number of hydrogen-bond donors (Lipinski definition) is 3. The first-order valence-corrected chi connectivity index (χ1v) is 5.88. The Morgan fingerprint density at radius 3 is 2.45 bits per heavy atom. The molecule has 0 fully saturated rings. The second-order valence-electron chi connectivity index (χ2n) is 4.11. The first-order valence-electron chi connectivity index (χ1n) is 5.88. The molecule has 0 aliphatic carbocycles. The van der Waals surface area contributed by atoms with E-state index in [9.17, 15) is 14.4 Å². The van der Waals surface area contributed by atoms with Gasteiger partial charge in [0.05, 0.1) is 5.56 Å². The summed E-state index contributed by atoms with van der Waals surface area (Å²) in [5.74, 6) is -1.27. The van der Waals surface area contributed by atoms with Gasteiger partial charge < -0.3 is 15.2 Å². The van der Waals surface area contributed by atoms with E-state index in [1.807, 2.05) is 0 Å². The molecule has 1 unspecified atom stereocenters. The molecule has 1 aromatic carbocycles. The number of aryl methyl sites for hydroxylation is 1. The van der Waals surface area contributed by atoms with Gasteiger partial charge in [-0.25, -0.2) is 9.59 Å². The Bertz CT molecular complexity index is 542. The first kappa shape index (κ1) is 15.5. The van der Waals surface area contributed by atoms with E-state index < -0.39 is 24.0 Å². The zero-order valence-corrected chi connectivity index (χ0v) is 11.4. The van der Waals surface area contributed by atoms with E-state index in [0.29, 0.717) is 11.3 Å². The Kier molecular flexibility index (Phi) is 5.08. The molecular weight excluding hydrogens is 264 g/mol. The van der Waals surface area contributed by atoms with Crippen LogP contribution in [0.15, 0.2) is 18.2 Å². The van der Waals surface area contributed by atoms with Crippen LogP contribution >= 0.6 is 0 Å². The summed E-state index contributed by atoms with van der Waals surface area (Å²) < 4.78 is 5.35. The molecule has 1 aromatic rings. The molecule has 0 aromatic heterocycles. The van der Waals surface area contributed by atoms with Gasteiger partial charge in [-0.2, -0.15) is 0 Å². The Labute approximate surface area is 115 Å². The standard InChI is InChI=1S/C13H16N2O5/c1-7-6-9(4-5-10(7)12(17)18)20-8(2)11(16)15-13(19)14-3/h4-6,8H,1-3H3,(H,17,18)(H2,14,15,16,19). The van der Waals surface area contributed by atoms with Gasteiger partial charge in [-0.3, -0.25) is 10.1 Å². The molecule has 0 saturated heterocycles. The Morgan fingerprint density at radius 2 is 1.95 bits per heavy atom. The number of benzene rings is 1. The zero-order valence-electron chi connectivity index (χ0n) is 11.4. The fraction of sp³-hybridized carbons (Fsp3) is 0.308. The number of carbonyl (C=O) groups is 3. The largest absolute Gasteiger partial charge is 0.481 e. The number of aromatic carboxylic acids is 1. The molecule has 3 N–H and O–H groups in total. The molecule has 7 nitrogen and oxygen atoms in total. The van der Waals surface area contributed by atoms with E-state index in [1.54, 1.807) is 6.92 Å². The van der Waals surface area contributed by atoms with Gasteiger partial charge in [0.15, 0.2) is 6.10 Å². The van der Waals surface area contributed by atoms with Crippen molar-refractivity contribution in [3.8, 4) is 5.75 Å². The summed E-state index contributed by atoms with van der Waals surface area (Å²) in [4.78, 5) is 33.4. The van der Waals surface area contributed by atoms with Crippen molar-refractivity contribution in [3.63, 3.8) is 0 Å². The van der Waals surface area contributed by atoms with Crippen molar-refractivity contribution in [2.75, 3.05) is 7.05 Å². The highest BCUT2D eigenvalue weighted by atomic mass is 16.5. The Balaban J connectivity index is 2.73. The maximum absolute atomic E-state index is 11.6. The highest BCUT2D eigenvalue weighted by Gasteiger charge is 2.17. The van der Waals surface area contributed by atoms with Gasteiger partial charge in [0.25, 0.3) is 5.91 Å². The SMILES string of the molecule is CNC(=O)NC(=O)C(C)Oc1ccc(C(=O)O)c(C)c1. The van der Waals surface area contributed by atoms with Crippen molar-refractivity contribution in [2.45, 2.75) is 20.0 Å². The Hall–Kier alpha value is -2.57. The molecule has 0 heterocycles. The van der Waals surface area contributed by atoms with E-state index >= 15 is 0 Å². The maximum atomic E-state index is 11.6. The van der Waals surface area contributed by atoms with Crippen LogP contribution in [0.2, 0.25) is 0 Å². The number of carboxylic acid groups (broad SMARTS) is 1. The lowest BCUT2D eigenvalue weighted by Gasteiger charge is -2.14.